The van der Waals surface area contributed by atoms with Gasteiger partial charge in [0.2, 0.25) is 0 Å². The van der Waals surface area contributed by atoms with Crippen LogP contribution in [0.25, 0.3) is 21.5 Å². The van der Waals surface area contributed by atoms with E-state index >= 15 is 0 Å². The van der Waals surface area contributed by atoms with Crippen molar-refractivity contribution in [1.82, 2.24) is 15.0 Å². The summed E-state index contributed by atoms with van der Waals surface area (Å²) in [5.74, 6) is 1.57. The Bertz CT molecular complexity index is 1530. The van der Waals surface area contributed by atoms with Crippen molar-refractivity contribution in [3.63, 3.8) is 0 Å². The predicted molar refractivity (Wildman–Crippen MR) is 154 cm³/mol. The zero-order valence-electron chi connectivity index (χ0n) is 21.9. The summed E-state index contributed by atoms with van der Waals surface area (Å²) in [4.78, 5) is 21.8. The second kappa shape index (κ2) is 10.6. The highest BCUT2D eigenvalue weighted by molar-refractivity contribution is 7.22. The molecule has 0 spiro atoms. The number of rotatable bonds is 7. The number of anilines is 1. The van der Waals surface area contributed by atoms with Crippen molar-refractivity contribution in [2.75, 3.05) is 38.8 Å². The maximum Gasteiger partial charge on any atom is 0.338 e. The number of ether oxygens (including phenoxy) is 2. The first-order valence-corrected chi connectivity index (χ1v) is 14.4. The first-order valence-electron chi connectivity index (χ1n) is 12.9. The van der Waals surface area contributed by atoms with Gasteiger partial charge in [-0.05, 0) is 44.0 Å². The molecule has 39 heavy (non-hydrogen) atoms. The number of methoxy groups -OCH3 is 2. The van der Waals surface area contributed by atoms with Crippen LogP contribution in [0.5, 0.6) is 5.75 Å². The lowest BCUT2D eigenvalue weighted by atomic mass is 10.0. The summed E-state index contributed by atoms with van der Waals surface area (Å²) in [5, 5.41) is 6.49. The van der Waals surface area contributed by atoms with Gasteiger partial charge in [-0.25, -0.2) is 9.78 Å². The molecule has 204 valence electrons. The Morgan fingerprint density at radius 3 is 2.62 bits per heavy atom. The summed E-state index contributed by atoms with van der Waals surface area (Å²) >= 11 is 14.7. The van der Waals surface area contributed by atoms with E-state index in [9.17, 15) is 4.79 Å². The number of nitrogens with zero attached hydrogens (tertiary/aromatic N) is 4. The molecular formula is C28H28Cl2N4O4S. The third-order valence-corrected chi connectivity index (χ3v) is 9.14. The molecule has 1 aliphatic carbocycles. The summed E-state index contributed by atoms with van der Waals surface area (Å²) in [6, 6.07) is 9.18. The number of hydrogen-bond acceptors (Lipinski definition) is 9. The lowest BCUT2D eigenvalue weighted by molar-refractivity contribution is 0.0600. The minimum absolute atomic E-state index is 0.210. The van der Waals surface area contributed by atoms with E-state index in [2.05, 4.69) is 21.9 Å². The minimum atomic E-state index is -0.413. The maximum absolute atomic E-state index is 12.1. The van der Waals surface area contributed by atoms with Crippen LogP contribution in [0.4, 0.5) is 5.13 Å². The largest absolute Gasteiger partial charge is 0.495 e. The van der Waals surface area contributed by atoms with Crippen LogP contribution in [0.1, 0.15) is 47.4 Å². The van der Waals surface area contributed by atoms with Gasteiger partial charge in [0.15, 0.2) is 5.13 Å². The molecule has 3 heterocycles. The Morgan fingerprint density at radius 2 is 1.95 bits per heavy atom. The van der Waals surface area contributed by atoms with Crippen molar-refractivity contribution in [2.24, 2.45) is 0 Å². The van der Waals surface area contributed by atoms with Gasteiger partial charge in [0.05, 0.1) is 40.0 Å². The number of carbonyl (C=O) groups is 1. The lowest BCUT2D eigenvalue weighted by Gasteiger charge is -2.39. The number of fused-ring (bicyclic) bond motifs is 1. The molecule has 0 radical (unpaired) electrons. The van der Waals surface area contributed by atoms with Crippen LogP contribution in [-0.4, -0.2) is 60.9 Å². The van der Waals surface area contributed by atoms with Crippen molar-refractivity contribution in [3.8, 4) is 17.0 Å². The van der Waals surface area contributed by atoms with Crippen molar-refractivity contribution >= 4 is 55.9 Å². The molecule has 11 heteroatoms. The Hall–Kier alpha value is -2.85. The molecule has 2 fully saturated rings. The molecule has 6 rings (SSSR count). The number of esters is 1. The molecule has 2 aromatic carbocycles. The number of benzene rings is 2. The fourth-order valence-corrected chi connectivity index (χ4v) is 6.99. The summed E-state index contributed by atoms with van der Waals surface area (Å²) in [5.41, 5.74) is 3.69. The zero-order valence-corrected chi connectivity index (χ0v) is 24.2. The van der Waals surface area contributed by atoms with Crippen LogP contribution in [0, 0.1) is 0 Å². The first-order chi connectivity index (χ1) is 18.9. The Kier molecular flexibility index (Phi) is 7.18. The van der Waals surface area contributed by atoms with Gasteiger partial charge in [-0.2, -0.15) is 0 Å². The van der Waals surface area contributed by atoms with Crippen molar-refractivity contribution in [1.29, 1.82) is 0 Å². The topological polar surface area (TPSA) is 80.9 Å². The number of carbonyl (C=O) groups excluding carboxylic acids is 1. The number of aromatic nitrogens is 2. The predicted octanol–water partition coefficient (Wildman–Crippen LogP) is 6.64. The van der Waals surface area contributed by atoms with E-state index in [1.54, 1.807) is 30.6 Å². The normalized spacial score (nSPS) is 18.1. The van der Waals surface area contributed by atoms with Crippen LogP contribution in [0.2, 0.25) is 10.0 Å². The first kappa shape index (κ1) is 26.4. The van der Waals surface area contributed by atoms with E-state index in [4.69, 9.17) is 42.2 Å². The van der Waals surface area contributed by atoms with Gasteiger partial charge in [-0.1, -0.05) is 45.8 Å². The van der Waals surface area contributed by atoms with E-state index in [-0.39, 0.29) is 6.04 Å². The van der Waals surface area contributed by atoms with Crippen molar-refractivity contribution in [3.05, 3.63) is 57.3 Å². The fourth-order valence-electron chi connectivity index (χ4n) is 5.25. The van der Waals surface area contributed by atoms with E-state index < -0.39 is 5.97 Å². The third-order valence-electron chi connectivity index (χ3n) is 7.39. The quantitative estimate of drug-likeness (QED) is 0.223. The van der Waals surface area contributed by atoms with Crippen LogP contribution in [0.15, 0.2) is 34.9 Å². The summed E-state index contributed by atoms with van der Waals surface area (Å²) < 4.78 is 17.3. The summed E-state index contributed by atoms with van der Waals surface area (Å²) in [6.07, 6.45) is 2.22. The Balaban J connectivity index is 1.25. The average molecular weight is 588 g/mol. The van der Waals surface area contributed by atoms with E-state index in [1.807, 2.05) is 18.2 Å². The molecule has 1 unspecified atom stereocenters. The van der Waals surface area contributed by atoms with Gasteiger partial charge in [0, 0.05) is 49.3 Å². The SMILES string of the molecule is COC(=O)c1cc(OC)c2sc(N3CCN(Cc4c(-c5c(Cl)cccc5Cl)noc4C4CC4)CC3C)nc2c1. The monoisotopic (exact) mass is 586 g/mol. The molecule has 1 atom stereocenters. The number of thiazole rings is 1. The molecule has 1 saturated carbocycles. The molecule has 2 aliphatic rings. The number of piperazine rings is 1. The second-order valence-corrected chi connectivity index (χ2v) is 11.8. The second-order valence-electron chi connectivity index (χ2n) is 10.0. The van der Waals surface area contributed by atoms with E-state index in [0.717, 1.165) is 70.4 Å². The highest BCUT2D eigenvalue weighted by Crippen LogP contribution is 2.46. The standard InChI is InChI=1S/C28H28Cl2N4O4S/c1-15-13-33(14-18-24(32-38-25(18)16-7-8-16)23-19(29)5-4-6-20(23)30)9-10-34(15)28-31-21-11-17(27(35)37-3)12-22(36-2)26(21)39-28/h4-6,11-12,15-16H,7-10,13-14H2,1-3H3. The summed E-state index contributed by atoms with van der Waals surface area (Å²) in [7, 11) is 2.97. The van der Waals surface area contributed by atoms with Gasteiger partial charge in [0.1, 0.15) is 17.2 Å². The van der Waals surface area contributed by atoms with Gasteiger partial charge >= 0.3 is 5.97 Å². The molecule has 1 saturated heterocycles. The molecule has 1 aliphatic heterocycles. The van der Waals surface area contributed by atoms with Gasteiger partial charge in [0.25, 0.3) is 0 Å². The van der Waals surface area contributed by atoms with Crippen LogP contribution in [-0.2, 0) is 11.3 Å². The van der Waals surface area contributed by atoms with E-state index in [1.165, 1.54) is 7.11 Å². The van der Waals surface area contributed by atoms with Crippen molar-refractivity contribution in [2.45, 2.75) is 38.3 Å². The van der Waals surface area contributed by atoms with Crippen LogP contribution >= 0.6 is 34.5 Å². The van der Waals surface area contributed by atoms with Crippen molar-refractivity contribution < 1.29 is 18.8 Å². The fraction of sp³-hybridized carbons (Fsp3) is 0.393. The Labute approximate surface area is 240 Å². The molecule has 4 aromatic rings. The van der Waals surface area contributed by atoms with Gasteiger partial charge in [-0.15, -0.1) is 0 Å². The minimum Gasteiger partial charge on any atom is -0.495 e. The van der Waals surface area contributed by atoms with Crippen LogP contribution in [0.3, 0.4) is 0 Å². The average Bonchev–Trinajstić information content (AvgIpc) is 3.55. The van der Waals surface area contributed by atoms with Gasteiger partial charge in [-0.3, -0.25) is 4.90 Å². The zero-order chi connectivity index (χ0) is 27.3. The molecule has 8 nitrogen and oxygen atoms in total. The number of hydrogen-bond donors (Lipinski definition) is 0. The smallest absolute Gasteiger partial charge is 0.338 e. The molecule has 0 amide bonds. The van der Waals surface area contributed by atoms with E-state index in [0.29, 0.717) is 33.8 Å². The Morgan fingerprint density at radius 1 is 1.18 bits per heavy atom. The highest BCUT2D eigenvalue weighted by Gasteiger charge is 2.35. The van der Waals surface area contributed by atoms with Gasteiger partial charge < -0.3 is 18.9 Å². The van der Waals surface area contributed by atoms with Crippen LogP contribution < -0.4 is 9.64 Å². The number of halogens is 2. The summed E-state index contributed by atoms with van der Waals surface area (Å²) in [6.45, 7) is 5.40. The highest BCUT2D eigenvalue weighted by atomic mass is 35.5. The lowest BCUT2D eigenvalue weighted by Crippen LogP contribution is -2.51. The maximum atomic E-state index is 12.1. The molecule has 0 bridgehead atoms. The molecule has 2 aromatic heterocycles. The molecular weight excluding hydrogens is 559 g/mol. The third kappa shape index (κ3) is 4.97. The molecule has 0 N–H and O–H groups in total.